The molecule has 0 radical (unpaired) electrons. The lowest BCUT2D eigenvalue weighted by molar-refractivity contribution is -0.266. The number of benzene rings is 1. The average molecular weight is 402 g/mol. The number of ether oxygens (including phenoxy) is 4. The van der Waals surface area contributed by atoms with Crippen LogP contribution in [0.5, 0.6) is 5.75 Å². The zero-order valence-corrected chi connectivity index (χ0v) is 16.5. The monoisotopic (exact) mass is 402 g/mol. The van der Waals surface area contributed by atoms with E-state index < -0.39 is 23.6 Å². The quantitative estimate of drug-likeness (QED) is 0.669. The lowest BCUT2D eigenvalue weighted by Gasteiger charge is -2.39. The largest absolute Gasteiger partial charge is 0.488 e. The van der Waals surface area contributed by atoms with Crippen LogP contribution in [-0.4, -0.2) is 44.5 Å². The molecule has 2 atom stereocenters. The predicted molar refractivity (Wildman–Crippen MR) is 98.1 cm³/mol. The molecule has 2 aliphatic heterocycles. The lowest BCUT2D eigenvalue weighted by Crippen LogP contribution is -2.48. The first-order valence-corrected chi connectivity index (χ1v) is 10.1. The van der Waals surface area contributed by atoms with E-state index in [2.05, 4.69) is 0 Å². The molecule has 0 spiro atoms. The molecule has 0 aliphatic carbocycles. The van der Waals surface area contributed by atoms with Gasteiger partial charge in [-0.05, 0) is 37.3 Å². The van der Waals surface area contributed by atoms with E-state index in [9.17, 15) is 13.2 Å². The summed E-state index contributed by atoms with van der Waals surface area (Å²) in [6, 6.07) is 2.98. The van der Waals surface area contributed by atoms with Crippen molar-refractivity contribution in [3.8, 4) is 5.75 Å². The first-order chi connectivity index (χ1) is 13.5. The summed E-state index contributed by atoms with van der Waals surface area (Å²) in [6.07, 6.45) is 2.37. The van der Waals surface area contributed by atoms with Gasteiger partial charge < -0.3 is 18.9 Å². The molecule has 0 bridgehead atoms. The number of hydrogen-bond acceptors (Lipinski definition) is 4. The van der Waals surface area contributed by atoms with Crippen LogP contribution in [0.3, 0.4) is 0 Å². The SMILES string of the molecule is CCCC1(F)COC(C2CCC(COc3ccc(CC)c(F)c3F)OC2)OC1. The minimum Gasteiger partial charge on any atom is -0.488 e. The summed E-state index contributed by atoms with van der Waals surface area (Å²) >= 11 is 0. The van der Waals surface area contributed by atoms with E-state index in [0.29, 0.717) is 31.4 Å². The van der Waals surface area contributed by atoms with Crippen molar-refractivity contribution >= 4 is 0 Å². The lowest BCUT2D eigenvalue weighted by atomic mass is 9.96. The van der Waals surface area contributed by atoms with Crippen molar-refractivity contribution in [3.63, 3.8) is 0 Å². The fourth-order valence-electron chi connectivity index (χ4n) is 3.73. The van der Waals surface area contributed by atoms with Crippen molar-refractivity contribution in [3.05, 3.63) is 29.3 Å². The third kappa shape index (κ3) is 4.99. The van der Waals surface area contributed by atoms with Crippen LogP contribution in [0.25, 0.3) is 0 Å². The van der Waals surface area contributed by atoms with Crippen LogP contribution in [0.2, 0.25) is 0 Å². The molecule has 0 amide bonds. The van der Waals surface area contributed by atoms with Gasteiger partial charge in [0, 0.05) is 5.92 Å². The summed E-state index contributed by atoms with van der Waals surface area (Å²) in [5, 5.41) is 0. The maximum atomic E-state index is 14.4. The van der Waals surface area contributed by atoms with Crippen molar-refractivity contribution in [1.29, 1.82) is 0 Å². The van der Waals surface area contributed by atoms with Crippen LogP contribution >= 0.6 is 0 Å². The van der Waals surface area contributed by atoms with E-state index in [1.165, 1.54) is 12.1 Å². The van der Waals surface area contributed by atoms with Crippen LogP contribution in [0.4, 0.5) is 13.2 Å². The highest BCUT2D eigenvalue weighted by Crippen LogP contribution is 2.32. The zero-order chi connectivity index (χ0) is 20.1. The number of aryl methyl sites for hydroxylation is 1. The third-order valence-corrected chi connectivity index (χ3v) is 5.43. The third-order valence-electron chi connectivity index (χ3n) is 5.43. The van der Waals surface area contributed by atoms with Gasteiger partial charge in [-0.15, -0.1) is 0 Å². The first-order valence-electron chi connectivity index (χ1n) is 10.1. The second-order valence-electron chi connectivity index (χ2n) is 7.70. The predicted octanol–water partition coefficient (Wildman–Crippen LogP) is 4.58. The van der Waals surface area contributed by atoms with E-state index in [-0.39, 0.29) is 37.6 Å². The topological polar surface area (TPSA) is 36.9 Å². The first kappa shape index (κ1) is 21.4. The minimum absolute atomic E-state index is 0.0282. The number of alkyl halides is 1. The van der Waals surface area contributed by atoms with Crippen molar-refractivity contribution < 1.29 is 32.1 Å². The molecule has 2 heterocycles. The molecule has 4 nitrogen and oxygen atoms in total. The molecule has 0 aromatic heterocycles. The molecule has 7 heteroatoms. The summed E-state index contributed by atoms with van der Waals surface area (Å²) in [5.41, 5.74) is -1.07. The van der Waals surface area contributed by atoms with Crippen molar-refractivity contribution in [1.82, 2.24) is 0 Å². The number of halogens is 3. The van der Waals surface area contributed by atoms with Gasteiger partial charge in [0.15, 0.2) is 23.5 Å². The van der Waals surface area contributed by atoms with Crippen LogP contribution in [0, 0.1) is 17.6 Å². The summed E-state index contributed by atoms with van der Waals surface area (Å²) in [6.45, 7) is 4.34. The highest BCUT2D eigenvalue weighted by molar-refractivity contribution is 5.31. The van der Waals surface area contributed by atoms with Crippen molar-refractivity contribution in [2.24, 2.45) is 5.92 Å². The Morgan fingerprint density at radius 2 is 1.82 bits per heavy atom. The molecule has 1 aromatic rings. The van der Waals surface area contributed by atoms with Gasteiger partial charge in [-0.25, -0.2) is 8.78 Å². The van der Waals surface area contributed by atoms with Gasteiger partial charge in [-0.1, -0.05) is 26.3 Å². The van der Waals surface area contributed by atoms with Gasteiger partial charge in [0.1, 0.15) is 6.61 Å². The van der Waals surface area contributed by atoms with Crippen molar-refractivity contribution in [2.75, 3.05) is 26.4 Å². The van der Waals surface area contributed by atoms with E-state index in [4.69, 9.17) is 18.9 Å². The molecule has 3 rings (SSSR count). The maximum Gasteiger partial charge on any atom is 0.200 e. The molecule has 28 heavy (non-hydrogen) atoms. The smallest absolute Gasteiger partial charge is 0.200 e. The Kier molecular flexibility index (Phi) is 7.23. The Morgan fingerprint density at radius 1 is 1.07 bits per heavy atom. The number of rotatable bonds is 7. The van der Waals surface area contributed by atoms with Gasteiger partial charge in [-0.2, -0.15) is 4.39 Å². The fourth-order valence-corrected chi connectivity index (χ4v) is 3.73. The molecule has 158 valence electrons. The van der Waals surface area contributed by atoms with E-state index in [1.807, 2.05) is 6.92 Å². The highest BCUT2D eigenvalue weighted by Gasteiger charge is 2.40. The zero-order valence-electron chi connectivity index (χ0n) is 16.5. The van der Waals surface area contributed by atoms with Crippen LogP contribution in [0.1, 0.15) is 45.1 Å². The molecule has 2 unspecified atom stereocenters. The molecule has 1 aromatic carbocycles. The van der Waals surface area contributed by atoms with Crippen LogP contribution in [0.15, 0.2) is 12.1 Å². The number of hydrogen-bond donors (Lipinski definition) is 0. The molecule has 2 saturated heterocycles. The molecule has 2 fully saturated rings. The van der Waals surface area contributed by atoms with Crippen molar-refractivity contribution in [2.45, 2.75) is 64.0 Å². The standard InChI is InChI=1S/C21H29F3O4/c1-3-9-21(24)12-27-20(28-13-21)15-5-7-16(25-10-15)11-26-17-8-6-14(4-2)18(22)19(17)23/h6,8,15-16,20H,3-5,7,9-13H2,1-2H3. The summed E-state index contributed by atoms with van der Waals surface area (Å²) < 4.78 is 64.7. The molecular weight excluding hydrogens is 373 g/mol. The second kappa shape index (κ2) is 9.46. The molecular formula is C21H29F3O4. The normalized spacial score (nSPS) is 31.0. The molecule has 2 aliphatic rings. The highest BCUT2D eigenvalue weighted by atomic mass is 19.2. The van der Waals surface area contributed by atoms with Gasteiger partial charge in [0.2, 0.25) is 5.82 Å². The Labute approximate surface area is 164 Å². The van der Waals surface area contributed by atoms with Gasteiger partial charge in [-0.3, -0.25) is 0 Å². The van der Waals surface area contributed by atoms with E-state index >= 15 is 0 Å². The van der Waals surface area contributed by atoms with Gasteiger partial charge in [0.25, 0.3) is 0 Å². The van der Waals surface area contributed by atoms with Gasteiger partial charge >= 0.3 is 0 Å². The van der Waals surface area contributed by atoms with Crippen LogP contribution in [-0.2, 0) is 20.6 Å². The van der Waals surface area contributed by atoms with E-state index in [1.54, 1.807) is 6.92 Å². The second-order valence-corrected chi connectivity index (χ2v) is 7.70. The minimum atomic E-state index is -1.40. The Bertz CT molecular complexity index is 639. The Morgan fingerprint density at radius 3 is 2.43 bits per heavy atom. The van der Waals surface area contributed by atoms with Crippen LogP contribution < -0.4 is 4.74 Å². The fraction of sp³-hybridized carbons (Fsp3) is 0.714. The van der Waals surface area contributed by atoms with E-state index in [0.717, 1.165) is 12.8 Å². The summed E-state index contributed by atoms with van der Waals surface area (Å²) in [7, 11) is 0. The van der Waals surface area contributed by atoms with Gasteiger partial charge in [0.05, 0.1) is 25.9 Å². The maximum absolute atomic E-state index is 14.4. The Hall–Kier alpha value is -1.31. The Balaban J connectivity index is 1.43. The average Bonchev–Trinajstić information content (AvgIpc) is 2.70. The summed E-state index contributed by atoms with van der Waals surface area (Å²) in [4.78, 5) is 0. The molecule has 0 saturated carbocycles. The summed E-state index contributed by atoms with van der Waals surface area (Å²) in [5.74, 6) is -1.89. The molecule has 0 N–H and O–H groups in total.